The first kappa shape index (κ1) is 11.8. The zero-order chi connectivity index (χ0) is 13.4. The summed E-state index contributed by atoms with van der Waals surface area (Å²) in [5.74, 6) is -0.0734. The minimum atomic E-state index is -1.51. The number of hydrogen-bond donors (Lipinski definition) is 2. The highest BCUT2D eigenvalue weighted by atomic mass is 32.2. The molecule has 2 heterocycles. The minimum Gasteiger partial charge on any atom is -0.506 e. The molecule has 0 fully saturated rings. The second-order valence-corrected chi connectivity index (χ2v) is 5.44. The molecule has 94 valence electrons. The third kappa shape index (κ3) is 1.79. The Morgan fingerprint density at radius 1 is 1.16 bits per heavy atom. The van der Waals surface area contributed by atoms with Crippen molar-refractivity contribution in [2.75, 3.05) is 0 Å². The average molecular weight is 270 g/mol. The van der Waals surface area contributed by atoms with Gasteiger partial charge >= 0.3 is 0 Å². The molecule has 0 amide bonds. The lowest BCUT2D eigenvalue weighted by Gasteiger charge is -2.04. The Balaban J connectivity index is 2.11. The Bertz CT molecular complexity index is 723. The minimum absolute atomic E-state index is 0.0643. The van der Waals surface area contributed by atoms with Gasteiger partial charge in [0.15, 0.2) is 0 Å². The maximum absolute atomic E-state index is 12.4. The Morgan fingerprint density at radius 2 is 1.84 bits per heavy atom. The standard InChI is InChI=1S/C14H10N2O2S/c15-12(9-5-7-16-8-6-9)14-13(17)10-3-1-2-4-11(10)19(14)18/h1-8,15,17H. The van der Waals surface area contributed by atoms with E-state index in [9.17, 15) is 9.32 Å². The van der Waals surface area contributed by atoms with Gasteiger partial charge in [-0.2, -0.15) is 0 Å². The number of fused-ring (bicyclic) bond motifs is 1. The molecule has 1 unspecified atom stereocenters. The number of aromatic nitrogens is 1. The molecule has 3 rings (SSSR count). The van der Waals surface area contributed by atoms with Crippen molar-refractivity contribution in [2.24, 2.45) is 0 Å². The van der Waals surface area contributed by atoms with Crippen molar-refractivity contribution in [1.82, 2.24) is 4.98 Å². The number of rotatable bonds is 2. The monoisotopic (exact) mass is 270 g/mol. The second kappa shape index (κ2) is 4.44. The first-order valence-corrected chi connectivity index (χ1v) is 6.79. The lowest BCUT2D eigenvalue weighted by Crippen LogP contribution is -2.07. The molecule has 1 aromatic carbocycles. The molecule has 0 bridgehead atoms. The van der Waals surface area contributed by atoms with Gasteiger partial charge in [0.1, 0.15) is 10.7 Å². The van der Waals surface area contributed by atoms with Crippen LogP contribution in [0.1, 0.15) is 11.1 Å². The smallest absolute Gasteiger partial charge is 0.142 e. The average Bonchev–Trinajstić information content (AvgIpc) is 2.72. The van der Waals surface area contributed by atoms with E-state index in [-0.39, 0.29) is 16.4 Å². The molecular weight excluding hydrogens is 260 g/mol. The highest BCUT2D eigenvalue weighted by Gasteiger charge is 2.31. The molecule has 1 aliphatic heterocycles. The molecule has 1 atom stereocenters. The van der Waals surface area contributed by atoms with E-state index in [1.165, 1.54) is 0 Å². The molecule has 2 N–H and O–H groups in total. The molecule has 5 heteroatoms. The van der Waals surface area contributed by atoms with E-state index in [1.807, 2.05) is 0 Å². The highest BCUT2D eigenvalue weighted by Crippen LogP contribution is 2.36. The first-order chi connectivity index (χ1) is 9.20. The number of pyridine rings is 1. The van der Waals surface area contributed by atoms with Crippen LogP contribution in [0.3, 0.4) is 0 Å². The normalized spacial score (nSPS) is 17.4. The summed E-state index contributed by atoms with van der Waals surface area (Å²) >= 11 is 0. The Hall–Kier alpha value is -2.27. The highest BCUT2D eigenvalue weighted by molar-refractivity contribution is 7.90. The van der Waals surface area contributed by atoms with Crippen molar-refractivity contribution >= 4 is 22.3 Å². The summed E-state index contributed by atoms with van der Waals surface area (Å²) < 4.78 is 12.4. The molecule has 4 nitrogen and oxygen atoms in total. The molecule has 0 saturated carbocycles. The number of benzene rings is 1. The van der Waals surface area contributed by atoms with Crippen LogP contribution in [-0.2, 0) is 10.8 Å². The Kier molecular flexibility index (Phi) is 2.76. The van der Waals surface area contributed by atoms with Gasteiger partial charge in [-0.15, -0.1) is 0 Å². The summed E-state index contributed by atoms with van der Waals surface area (Å²) in [7, 11) is -1.51. The largest absolute Gasteiger partial charge is 0.506 e. The van der Waals surface area contributed by atoms with Crippen LogP contribution in [-0.4, -0.2) is 20.0 Å². The van der Waals surface area contributed by atoms with E-state index in [4.69, 9.17) is 5.41 Å². The quantitative estimate of drug-likeness (QED) is 0.823. The van der Waals surface area contributed by atoms with Crippen molar-refractivity contribution in [3.63, 3.8) is 0 Å². The molecule has 1 aromatic heterocycles. The van der Waals surface area contributed by atoms with Crippen LogP contribution >= 0.6 is 0 Å². The van der Waals surface area contributed by atoms with Crippen molar-refractivity contribution in [3.05, 3.63) is 64.8 Å². The lowest BCUT2D eigenvalue weighted by molar-refractivity contribution is 0.511. The van der Waals surface area contributed by atoms with Gasteiger partial charge in [0.25, 0.3) is 0 Å². The van der Waals surface area contributed by atoms with Crippen LogP contribution in [0.15, 0.2) is 58.6 Å². The van der Waals surface area contributed by atoms with Crippen molar-refractivity contribution < 1.29 is 9.32 Å². The summed E-state index contributed by atoms with van der Waals surface area (Å²) in [5.41, 5.74) is 1.18. The van der Waals surface area contributed by atoms with E-state index in [2.05, 4.69) is 4.98 Å². The summed E-state index contributed by atoms with van der Waals surface area (Å²) in [5, 5.41) is 18.3. The van der Waals surface area contributed by atoms with Crippen LogP contribution < -0.4 is 0 Å². The van der Waals surface area contributed by atoms with Gasteiger partial charge in [-0.1, -0.05) is 12.1 Å². The third-order valence-electron chi connectivity index (χ3n) is 2.94. The van der Waals surface area contributed by atoms with Crippen molar-refractivity contribution in [1.29, 1.82) is 5.41 Å². The molecule has 0 saturated heterocycles. The number of hydrogen-bond acceptors (Lipinski definition) is 4. The predicted molar refractivity (Wildman–Crippen MR) is 73.5 cm³/mol. The SMILES string of the molecule is N=C(C1=C(O)c2ccccc2S1=O)c1ccncc1. The number of allylic oxidation sites excluding steroid dienone is 1. The van der Waals surface area contributed by atoms with E-state index in [0.717, 1.165) is 0 Å². The zero-order valence-corrected chi connectivity index (χ0v) is 10.6. The molecule has 2 aromatic rings. The maximum atomic E-state index is 12.4. The fourth-order valence-electron chi connectivity index (χ4n) is 2.00. The zero-order valence-electron chi connectivity index (χ0n) is 9.83. The van der Waals surface area contributed by atoms with Crippen molar-refractivity contribution in [3.8, 4) is 0 Å². The number of nitrogens with one attached hydrogen (secondary N) is 1. The Morgan fingerprint density at radius 3 is 2.53 bits per heavy atom. The van der Waals surface area contributed by atoms with E-state index >= 15 is 0 Å². The van der Waals surface area contributed by atoms with E-state index in [1.54, 1.807) is 48.8 Å². The molecule has 0 radical (unpaired) electrons. The fourth-order valence-corrected chi connectivity index (χ4v) is 3.38. The van der Waals surface area contributed by atoms with Gasteiger partial charge < -0.3 is 5.11 Å². The predicted octanol–water partition coefficient (Wildman–Crippen LogP) is 2.50. The lowest BCUT2D eigenvalue weighted by atomic mass is 10.1. The van der Waals surface area contributed by atoms with Crippen LogP contribution in [0.25, 0.3) is 5.76 Å². The third-order valence-corrected chi connectivity index (χ3v) is 4.46. The van der Waals surface area contributed by atoms with Crippen molar-refractivity contribution in [2.45, 2.75) is 4.90 Å². The molecule has 1 aliphatic rings. The summed E-state index contributed by atoms with van der Waals surface area (Å²) in [4.78, 5) is 4.59. The summed E-state index contributed by atoms with van der Waals surface area (Å²) in [6, 6.07) is 10.3. The topological polar surface area (TPSA) is 74.0 Å². The first-order valence-electron chi connectivity index (χ1n) is 5.64. The molecule has 19 heavy (non-hydrogen) atoms. The fraction of sp³-hybridized carbons (Fsp3) is 0. The number of aliphatic hydroxyl groups excluding tert-OH is 1. The number of aliphatic hydroxyl groups is 1. The number of nitrogens with zero attached hydrogens (tertiary/aromatic N) is 1. The molecule has 0 aliphatic carbocycles. The van der Waals surface area contributed by atoms with Gasteiger partial charge in [0, 0.05) is 23.5 Å². The summed E-state index contributed by atoms with van der Waals surface area (Å²) in [6.45, 7) is 0. The second-order valence-electron chi connectivity index (χ2n) is 4.05. The molecular formula is C14H10N2O2S. The Labute approximate surface area is 112 Å². The summed E-state index contributed by atoms with van der Waals surface area (Å²) in [6.07, 6.45) is 3.12. The van der Waals surface area contributed by atoms with Gasteiger partial charge in [-0.05, 0) is 24.3 Å². The van der Waals surface area contributed by atoms with Crippen LogP contribution in [0.4, 0.5) is 0 Å². The molecule has 0 spiro atoms. The van der Waals surface area contributed by atoms with Gasteiger partial charge in [-0.25, -0.2) is 4.21 Å². The van der Waals surface area contributed by atoms with Crippen LogP contribution in [0.5, 0.6) is 0 Å². The van der Waals surface area contributed by atoms with E-state index < -0.39 is 10.8 Å². The van der Waals surface area contributed by atoms with E-state index in [0.29, 0.717) is 16.0 Å². The van der Waals surface area contributed by atoms with Gasteiger partial charge in [0.2, 0.25) is 0 Å². The van der Waals surface area contributed by atoms with Gasteiger partial charge in [0.05, 0.1) is 21.4 Å². The maximum Gasteiger partial charge on any atom is 0.142 e. The van der Waals surface area contributed by atoms with Crippen LogP contribution in [0, 0.1) is 5.41 Å². The van der Waals surface area contributed by atoms with Gasteiger partial charge in [-0.3, -0.25) is 10.4 Å². The van der Waals surface area contributed by atoms with Crippen LogP contribution in [0.2, 0.25) is 0 Å².